The molecule has 5 nitrogen and oxygen atoms in total. The Morgan fingerprint density at radius 1 is 1.50 bits per heavy atom. The molecule has 1 aliphatic rings. The zero-order valence-electron chi connectivity index (χ0n) is 10.1. The summed E-state index contributed by atoms with van der Waals surface area (Å²) in [6.45, 7) is 2.17. The average Bonchev–Trinajstić information content (AvgIpc) is 2.75. The Morgan fingerprint density at radius 3 is 2.89 bits per heavy atom. The number of carbonyl (C=O) groups excluding carboxylic acids is 1. The van der Waals surface area contributed by atoms with Gasteiger partial charge in [0.05, 0.1) is 0 Å². The number of carboxylic acid groups (broad SMARTS) is 1. The van der Waals surface area contributed by atoms with E-state index in [-0.39, 0.29) is 5.91 Å². The van der Waals surface area contributed by atoms with Gasteiger partial charge in [-0.3, -0.25) is 4.79 Å². The van der Waals surface area contributed by atoms with Crippen LogP contribution in [0.5, 0.6) is 5.75 Å². The number of benzene rings is 1. The fourth-order valence-corrected chi connectivity index (χ4v) is 1.90. The third-order valence-corrected chi connectivity index (χ3v) is 2.86. The molecule has 1 aliphatic heterocycles. The third-order valence-electron chi connectivity index (χ3n) is 2.86. The van der Waals surface area contributed by atoms with Crippen LogP contribution in [-0.4, -0.2) is 29.6 Å². The van der Waals surface area contributed by atoms with Gasteiger partial charge < -0.3 is 14.7 Å². The van der Waals surface area contributed by atoms with Crippen LogP contribution in [0.25, 0.3) is 0 Å². The maximum Gasteiger partial charge on any atom is 0.344 e. The van der Waals surface area contributed by atoms with Crippen LogP contribution in [0.2, 0.25) is 0 Å². The van der Waals surface area contributed by atoms with Gasteiger partial charge in [0.2, 0.25) is 5.91 Å². The van der Waals surface area contributed by atoms with Gasteiger partial charge in [-0.2, -0.15) is 0 Å². The molecule has 1 unspecified atom stereocenters. The van der Waals surface area contributed by atoms with Gasteiger partial charge in [-0.15, -0.1) is 0 Å². The van der Waals surface area contributed by atoms with E-state index in [1.807, 2.05) is 6.07 Å². The first-order valence-electron chi connectivity index (χ1n) is 5.88. The predicted molar refractivity (Wildman–Crippen MR) is 65.8 cm³/mol. The summed E-state index contributed by atoms with van der Waals surface area (Å²) in [6.07, 6.45) is 0.515. The van der Waals surface area contributed by atoms with Crippen LogP contribution in [0.3, 0.4) is 0 Å². The molecule has 5 heteroatoms. The van der Waals surface area contributed by atoms with Gasteiger partial charge in [0.1, 0.15) is 5.75 Å². The summed E-state index contributed by atoms with van der Waals surface area (Å²) >= 11 is 0. The van der Waals surface area contributed by atoms with E-state index < -0.39 is 12.1 Å². The van der Waals surface area contributed by atoms with Crippen molar-refractivity contribution >= 4 is 17.6 Å². The van der Waals surface area contributed by atoms with Crippen molar-refractivity contribution in [3.05, 3.63) is 24.3 Å². The number of nitrogens with zero attached hydrogens (tertiary/aromatic N) is 1. The SMILES string of the molecule is CC(Oc1cccc(N2CCCC2=O)c1)C(=O)O. The van der Waals surface area contributed by atoms with Crippen LogP contribution in [0.4, 0.5) is 5.69 Å². The van der Waals surface area contributed by atoms with E-state index in [1.54, 1.807) is 23.1 Å². The van der Waals surface area contributed by atoms with Gasteiger partial charge >= 0.3 is 5.97 Å². The Hall–Kier alpha value is -2.04. The number of ether oxygens (including phenoxy) is 1. The van der Waals surface area contributed by atoms with Crippen LogP contribution in [0.1, 0.15) is 19.8 Å². The molecule has 0 spiro atoms. The molecule has 0 aliphatic carbocycles. The van der Waals surface area contributed by atoms with Crippen molar-refractivity contribution in [3.8, 4) is 5.75 Å². The van der Waals surface area contributed by atoms with E-state index in [4.69, 9.17) is 9.84 Å². The molecule has 1 saturated heterocycles. The second kappa shape index (κ2) is 5.08. The third kappa shape index (κ3) is 2.61. The highest BCUT2D eigenvalue weighted by Gasteiger charge is 2.22. The number of anilines is 1. The Morgan fingerprint density at radius 2 is 2.28 bits per heavy atom. The molecule has 1 amide bonds. The Bertz CT molecular complexity index is 472. The summed E-state index contributed by atoms with van der Waals surface area (Å²) in [6, 6.07) is 6.96. The van der Waals surface area contributed by atoms with Crippen molar-refractivity contribution in [3.63, 3.8) is 0 Å². The normalized spacial score (nSPS) is 16.7. The topological polar surface area (TPSA) is 66.8 Å². The monoisotopic (exact) mass is 249 g/mol. The van der Waals surface area contributed by atoms with Gasteiger partial charge in [0.25, 0.3) is 0 Å². The Kier molecular flexibility index (Phi) is 3.50. The number of carboxylic acids is 1. The molecule has 1 aromatic rings. The summed E-state index contributed by atoms with van der Waals surface area (Å²) in [7, 11) is 0. The molecule has 1 N–H and O–H groups in total. The van der Waals surface area contributed by atoms with Crippen LogP contribution in [0, 0.1) is 0 Å². The van der Waals surface area contributed by atoms with Crippen molar-refractivity contribution in [2.75, 3.05) is 11.4 Å². The molecule has 18 heavy (non-hydrogen) atoms. The zero-order valence-corrected chi connectivity index (χ0v) is 10.1. The summed E-state index contributed by atoms with van der Waals surface area (Å²) in [5, 5.41) is 8.78. The first-order valence-corrected chi connectivity index (χ1v) is 5.88. The lowest BCUT2D eigenvalue weighted by molar-refractivity contribution is -0.144. The van der Waals surface area contributed by atoms with Gasteiger partial charge in [-0.1, -0.05) is 6.07 Å². The fraction of sp³-hybridized carbons (Fsp3) is 0.385. The minimum atomic E-state index is -1.02. The van der Waals surface area contributed by atoms with E-state index in [0.717, 1.165) is 12.1 Å². The molecular formula is C13H15NO4. The van der Waals surface area contributed by atoms with Crippen molar-refractivity contribution in [1.82, 2.24) is 0 Å². The van der Waals surface area contributed by atoms with Gasteiger partial charge in [0, 0.05) is 24.7 Å². The fourth-order valence-electron chi connectivity index (χ4n) is 1.90. The molecule has 0 saturated carbocycles. The molecule has 1 heterocycles. The van der Waals surface area contributed by atoms with E-state index in [1.165, 1.54) is 6.92 Å². The first kappa shape index (κ1) is 12.4. The second-order valence-electron chi connectivity index (χ2n) is 4.24. The zero-order chi connectivity index (χ0) is 13.1. The lowest BCUT2D eigenvalue weighted by Crippen LogP contribution is -2.25. The van der Waals surface area contributed by atoms with Gasteiger partial charge in [-0.25, -0.2) is 4.79 Å². The minimum Gasteiger partial charge on any atom is -0.479 e. The van der Waals surface area contributed by atoms with Crippen molar-refractivity contribution < 1.29 is 19.4 Å². The van der Waals surface area contributed by atoms with Gasteiger partial charge in [0.15, 0.2) is 6.10 Å². The highest BCUT2D eigenvalue weighted by atomic mass is 16.5. The van der Waals surface area contributed by atoms with Crippen LogP contribution in [0.15, 0.2) is 24.3 Å². The van der Waals surface area contributed by atoms with Crippen molar-refractivity contribution in [2.24, 2.45) is 0 Å². The predicted octanol–water partition coefficient (Wildman–Crippen LogP) is 1.67. The van der Waals surface area contributed by atoms with Crippen molar-refractivity contribution in [1.29, 1.82) is 0 Å². The molecule has 1 fully saturated rings. The lowest BCUT2D eigenvalue weighted by Gasteiger charge is -2.17. The van der Waals surface area contributed by atoms with E-state index in [2.05, 4.69) is 0 Å². The maximum atomic E-state index is 11.6. The van der Waals surface area contributed by atoms with Gasteiger partial charge in [-0.05, 0) is 25.5 Å². The van der Waals surface area contributed by atoms with Crippen LogP contribution >= 0.6 is 0 Å². The lowest BCUT2D eigenvalue weighted by atomic mass is 10.2. The van der Waals surface area contributed by atoms with Crippen LogP contribution < -0.4 is 9.64 Å². The highest BCUT2D eigenvalue weighted by Crippen LogP contribution is 2.25. The molecule has 0 bridgehead atoms. The summed E-state index contributed by atoms with van der Waals surface area (Å²) < 4.78 is 5.27. The maximum absolute atomic E-state index is 11.6. The quantitative estimate of drug-likeness (QED) is 0.881. The number of amides is 1. The van der Waals surface area contributed by atoms with Crippen LogP contribution in [-0.2, 0) is 9.59 Å². The summed E-state index contributed by atoms with van der Waals surface area (Å²) in [5.41, 5.74) is 0.757. The molecule has 0 radical (unpaired) electrons. The second-order valence-corrected chi connectivity index (χ2v) is 4.24. The minimum absolute atomic E-state index is 0.0958. The first-order chi connectivity index (χ1) is 8.58. The molecule has 1 atom stereocenters. The number of hydrogen-bond donors (Lipinski definition) is 1. The standard InChI is InChI=1S/C13H15NO4/c1-9(13(16)17)18-11-5-2-4-10(8-11)14-7-3-6-12(14)15/h2,4-5,8-9H,3,6-7H2,1H3,(H,16,17). The molecule has 0 aromatic heterocycles. The average molecular weight is 249 g/mol. The number of rotatable bonds is 4. The smallest absolute Gasteiger partial charge is 0.344 e. The van der Waals surface area contributed by atoms with E-state index >= 15 is 0 Å². The molecular weight excluding hydrogens is 234 g/mol. The molecule has 2 rings (SSSR count). The number of carbonyl (C=O) groups is 2. The van der Waals surface area contributed by atoms with E-state index in [9.17, 15) is 9.59 Å². The molecule has 96 valence electrons. The highest BCUT2D eigenvalue weighted by molar-refractivity contribution is 5.95. The summed E-state index contributed by atoms with van der Waals surface area (Å²) in [4.78, 5) is 24.0. The Labute approximate surface area is 105 Å². The molecule has 1 aromatic carbocycles. The van der Waals surface area contributed by atoms with E-state index in [0.29, 0.717) is 18.7 Å². The van der Waals surface area contributed by atoms with Crippen molar-refractivity contribution in [2.45, 2.75) is 25.9 Å². The largest absolute Gasteiger partial charge is 0.479 e. The Balaban J connectivity index is 2.14. The number of aliphatic carboxylic acids is 1. The number of hydrogen-bond acceptors (Lipinski definition) is 3. The summed E-state index contributed by atoms with van der Waals surface area (Å²) in [5.74, 6) is -0.460.